The molecule has 37 heteroatoms. The number of methoxy groups -OCH3 is 8. The fourth-order valence-corrected chi connectivity index (χ4v) is 27.4. The number of halogens is 13. The third kappa shape index (κ3) is 29.7. The van der Waals surface area contributed by atoms with Gasteiger partial charge < -0.3 is 62.5 Å². The van der Waals surface area contributed by atoms with Crippen LogP contribution >= 0.6 is 40.3 Å². The molecular weight excluding hydrogens is 2070 g/mol. The summed E-state index contributed by atoms with van der Waals surface area (Å²) in [6, 6.07) is 51.6. The zero-order chi connectivity index (χ0) is 101. The largest absolute Gasteiger partial charge is 0 e. The SMILES string of the molecule is COc1ccc([PH+](c2ccc(OC)cc2OC)c2cc(N(C)C)ccc2P(=O)(N(C)C)N(C)C)c(OC)c1.COc1ccc([PH+](c2ccc(OC)cc2OC)c2cc(N(C)C)ccc2P(=O)(N(C)C)N(C)C)c(OC)c1.C[CH+]C.Cc1cc(C)cc([B-](c2cc(C)cc(C(F)(F)F)c2)(c2cc(C)cc(C(F)(F)F)c2)c2cc(C(F)(F)F)cc(C(F)(F)F)c2)c1.Cc1cccc(C)n1.[CH3-].[CH3-].[Cl][Pd+].[Pd]. The summed E-state index contributed by atoms with van der Waals surface area (Å²) in [4.78, 5) is 8.28. The summed E-state index contributed by atoms with van der Waals surface area (Å²) in [5.41, 5.74) is -2.86. The Morgan fingerprint density at radius 3 is 0.774 bits per heavy atom. The Kier molecular flexibility index (Phi) is 47.0. The van der Waals surface area contributed by atoms with Gasteiger partial charge in [-0.1, -0.05) is 82.9 Å². The molecule has 0 saturated carbocycles. The molecule has 11 aromatic rings. The summed E-state index contributed by atoms with van der Waals surface area (Å²) in [5.74, 6) is 5.57. The van der Waals surface area contributed by atoms with E-state index in [1.54, 1.807) is 76.8 Å². The van der Waals surface area contributed by atoms with Crippen molar-refractivity contribution in [2.24, 2.45) is 0 Å². The number of aromatic nitrogens is 1. The van der Waals surface area contributed by atoms with Crippen LogP contribution in [0, 0.1) is 62.8 Å². The topological polar surface area (TPSA) is 140 Å². The quantitative estimate of drug-likeness (QED) is 0.0219. The monoisotopic (exact) mass is 2190 g/mol. The molecular formula is C100H126BClF12N7O10P4Pd2+. The third-order valence-electron chi connectivity index (χ3n) is 21.8. The molecule has 1 aromatic heterocycles. The fraction of sp³-hybridized carbons (Fsp3) is 0.320. The first-order valence-corrected chi connectivity index (χ1v) is 49.8. The Bertz CT molecular complexity index is 5430. The van der Waals surface area contributed by atoms with E-state index in [1.165, 1.54) is 26.0 Å². The van der Waals surface area contributed by atoms with Crippen molar-refractivity contribution in [3.8, 4) is 46.0 Å². The van der Waals surface area contributed by atoms with E-state index in [9.17, 15) is 61.8 Å². The van der Waals surface area contributed by atoms with Crippen LogP contribution in [0.3, 0.4) is 0 Å². The van der Waals surface area contributed by atoms with Crippen molar-refractivity contribution in [1.82, 2.24) is 23.7 Å². The molecule has 137 heavy (non-hydrogen) atoms. The number of nitrogens with zero attached hydrogens (tertiary/aromatic N) is 7. The number of benzene rings is 10. The second kappa shape index (κ2) is 52.6. The molecule has 0 N–H and O–H groups in total. The first-order chi connectivity index (χ1) is 62.7. The van der Waals surface area contributed by atoms with Crippen LogP contribution in [0.2, 0.25) is 0 Å². The van der Waals surface area contributed by atoms with Crippen molar-refractivity contribution in [3.63, 3.8) is 0 Å². The van der Waals surface area contributed by atoms with Crippen LogP contribution < -0.4 is 112 Å². The smallest absolute Gasteiger partial charge is 0 e. The second-order valence-electron chi connectivity index (χ2n) is 32.6. The zero-order valence-corrected chi connectivity index (χ0v) is 90.5. The van der Waals surface area contributed by atoms with Gasteiger partial charge in [0.15, 0.2) is 23.0 Å². The van der Waals surface area contributed by atoms with E-state index in [0.717, 1.165) is 89.5 Å². The predicted octanol–water partition coefficient (Wildman–Crippen LogP) is 19.3. The van der Waals surface area contributed by atoms with E-state index in [0.29, 0.717) is 81.4 Å². The van der Waals surface area contributed by atoms with Gasteiger partial charge in [0, 0.05) is 108 Å². The Balaban J connectivity index is 0.000000491. The molecule has 11 rings (SSSR count). The van der Waals surface area contributed by atoms with Gasteiger partial charge in [0.1, 0.15) is 76.8 Å². The minimum absolute atomic E-state index is 0. The van der Waals surface area contributed by atoms with E-state index in [-0.39, 0.29) is 57.9 Å². The molecule has 0 unspecified atom stereocenters. The molecule has 0 saturated heterocycles. The Morgan fingerprint density at radius 1 is 0.328 bits per heavy atom. The van der Waals surface area contributed by atoms with Crippen molar-refractivity contribution in [1.29, 1.82) is 0 Å². The Morgan fingerprint density at radius 2 is 0.562 bits per heavy atom. The molecule has 0 aliphatic carbocycles. The minimum Gasteiger partial charge on any atom is 0 e. The Labute approximate surface area is 833 Å². The van der Waals surface area contributed by atoms with E-state index in [1.807, 2.05) is 253 Å². The summed E-state index contributed by atoms with van der Waals surface area (Å²) in [6.07, 6.45) is -22.3. The van der Waals surface area contributed by atoms with Crippen LogP contribution in [-0.4, -0.2) is 171 Å². The van der Waals surface area contributed by atoms with Crippen LogP contribution in [0.15, 0.2) is 200 Å². The number of pyridine rings is 1. The van der Waals surface area contributed by atoms with Crippen molar-refractivity contribution < 1.29 is 138 Å². The van der Waals surface area contributed by atoms with Crippen LogP contribution in [0.5, 0.6) is 46.0 Å². The molecule has 10 aromatic carbocycles. The first kappa shape index (κ1) is 122. The van der Waals surface area contributed by atoms with Crippen LogP contribution in [0.4, 0.5) is 64.1 Å². The van der Waals surface area contributed by atoms with Gasteiger partial charge in [0.25, 0.3) is 0 Å². The predicted molar refractivity (Wildman–Crippen MR) is 540 cm³/mol. The molecule has 754 valence electrons. The minimum atomic E-state index is -5.35. The molecule has 0 atom stereocenters. The van der Waals surface area contributed by atoms with Gasteiger partial charge in [-0.25, -0.2) is 18.7 Å². The van der Waals surface area contributed by atoms with Crippen LogP contribution in [-0.2, 0) is 72.4 Å². The summed E-state index contributed by atoms with van der Waals surface area (Å²) >= 11 is 2.22. The standard InChI is InChI=1S/C32H24BF12.2C28H39N3O5P2.C7H9N.C3H7.2CH3.ClH.2Pd/c1-17-5-18(2)9-25(8-17)33(26-10-19(3)6-21(13-26)29(34,35)36,27-11-20(4)7-22(14-27)30(37,38)39)28-15-23(31(40,41)42)12-24(16-28)32(43,44)45;2*1-29(2)20-11-16-28(38(32,30(3)4)31(5)6)27(17-20)37(25-14-12-21(33-7)18-23(25)35-9)26-15-13-22(34-8)19-24(26)36-10;1-6-4-3-5-7(2)8-6;1-3-2;;;;;/h5-16H,1-4H3;2*11-19H,1-10H3;3-5H,1-2H3;3H,1-2H3;2*1H3;1H;;/q-1;;;;+1;2*-1;;;+2/p+1. The van der Waals surface area contributed by atoms with E-state index in [4.69, 9.17) is 37.9 Å². The number of aryl methyl sites for hydroxylation is 6. The Hall–Kier alpha value is -8.78. The number of alkyl halides is 12. The van der Waals surface area contributed by atoms with Crippen molar-refractivity contribution in [2.75, 3.05) is 151 Å². The number of hydrogen-bond acceptors (Lipinski definition) is 13. The molecule has 1 heterocycles. The maximum Gasteiger partial charge on any atom is 0 e. The van der Waals surface area contributed by atoms with Gasteiger partial charge >= 0.3 is 52.4 Å². The van der Waals surface area contributed by atoms with Gasteiger partial charge in [-0.15, -0.1) is 0 Å². The van der Waals surface area contributed by atoms with Crippen LogP contribution in [0.25, 0.3) is 0 Å². The van der Waals surface area contributed by atoms with Gasteiger partial charge in [-0.2, -0.15) is 74.5 Å². The molecule has 17 nitrogen and oxygen atoms in total. The molecule has 0 radical (unpaired) electrons. The van der Waals surface area contributed by atoms with E-state index < -0.39 is 100 Å². The fourth-order valence-electron chi connectivity index (χ4n) is 15.8. The van der Waals surface area contributed by atoms with E-state index in [2.05, 4.69) is 54.6 Å². The van der Waals surface area contributed by atoms with Gasteiger partial charge in [-0.3, -0.25) is 14.1 Å². The number of rotatable bonds is 26. The summed E-state index contributed by atoms with van der Waals surface area (Å²) in [5, 5.41) is 7.49. The third-order valence-corrected chi connectivity index (χ3v) is 34.3. The second-order valence-corrected chi connectivity index (χ2v) is 43.6. The zero-order valence-electron chi connectivity index (χ0n) is 82.9. The molecule has 0 fully saturated rings. The van der Waals surface area contributed by atoms with Gasteiger partial charge in [-0.05, 0) is 201 Å². The average Bonchev–Trinajstić information content (AvgIpc) is 0.714. The van der Waals surface area contributed by atoms with Crippen molar-refractivity contribution >= 4 is 122 Å². The molecule has 0 amide bonds. The summed E-state index contributed by atoms with van der Waals surface area (Å²) in [7, 11) is 30.6. The normalized spacial score (nSPS) is 11.6. The van der Waals surface area contributed by atoms with Crippen molar-refractivity contribution in [3.05, 3.63) is 277 Å². The maximum atomic E-state index is 14.7. The van der Waals surface area contributed by atoms with E-state index >= 15 is 0 Å². The summed E-state index contributed by atoms with van der Waals surface area (Å²) < 4.78 is 252. The molecule has 0 spiro atoms. The molecule has 0 aliphatic heterocycles. The molecule has 0 bridgehead atoms. The average molecular weight is 2200 g/mol. The maximum absolute atomic E-state index is 14.7. The number of hydrogen-bond donors (Lipinski definition) is 0. The van der Waals surface area contributed by atoms with Gasteiger partial charge in [0.05, 0.1) is 110 Å². The first-order valence-electron chi connectivity index (χ1n) is 41.6. The van der Waals surface area contributed by atoms with Crippen molar-refractivity contribution in [2.45, 2.75) is 80.1 Å². The molecule has 0 aliphatic rings. The van der Waals surface area contributed by atoms with Gasteiger partial charge in [0.2, 0.25) is 14.9 Å². The number of ether oxygens (including phenoxy) is 8. The number of anilines is 2. The summed E-state index contributed by atoms with van der Waals surface area (Å²) in [6.45, 7) is 13.6. The van der Waals surface area contributed by atoms with Crippen LogP contribution in [0.1, 0.15) is 69.7 Å².